The molecule has 15 heavy (non-hydrogen) atoms. The van der Waals surface area contributed by atoms with Crippen molar-refractivity contribution >= 4 is 5.97 Å². The van der Waals surface area contributed by atoms with Gasteiger partial charge in [-0.3, -0.25) is 0 Å². The topological polar surface area (TPSA) is 77.8 Å². The number of aliphatic carboxylic acids is 1. The van der Waals surface area contributed by atoms with Crippen LogP contribution in [-0.4, -0.2) is 34.0 Å². The number of rotatable bonds is 5. The van der Waals surface area contributed by atoms with E-state index in [1.807, 2.05) is 6.92 Å². The molecule has 0 aromatic rings. The molecule has 0 aromatic carbocycles. The summed E-state index contributed by atoms with van der Waals surface area (Å²) in [7, 11) is 0. The van der Waals surface area contributed by atoms with Crippen molar-refractivity contribution in [1.82, 2.24) is 0 Å². The monoisotopic (exact) mass is 218 g/mol. The average Bonchev–Trinajstić information content (AvgIpc) is 2.18. The van der Waals surface area contributed by atoms with Crippen molar-refractivity contribution in [2.75, 3.05) is 6.61 Å². The normalized spacial score (nSPS) is 12.7. The SMILES string of the molecule is CC=C(C)C(=O)O.CCCC(O)CCO. The molecule has 0 heterocycles. The standard InChI is InChI=1S/C6H14O2.C5H8O2/c1-2-3-6(8)4-5-7;1-3-4(2)5(6)7/h6-8H,2-5H2,1H3;3H,1-2H3,(H,6,7). The van der Waals surface area contributed by atoms with E-state index in [2.05, 4.69) is 0 Å². The van der Waals surface area contributed by atoms with E-state index in [-0.39, 0.29) is 12.7 Å². The van der Waals surface area contributed by atoms with Gasteiger partial charge in [0.05, 0.1) is 6.10 Å². The summed E-state index contributed by atoms with van der Waals surface area (Å²) in [6, 6.07) is 0. The van der Waals surface area contributed by atoms with E-state index in [9.17, 15) is 4.79 Å². The van der Waals surface area contributed by atoms with Crippen LogP contribution in [0.25, 0.3) is 0 Å². The lowest BCUT2D eigenvalue weighted by Crippen LogP contribution is -2.07. The third-order valence-electron chi connectivity index (χ3n) is 1.85. The molecule has 3 N–H and O–H groups in total. The summed E-state index contributed by atoms with van der Waals surface area (Å²) in [6.45, 7) is 5.37. The van der Waals surface area contributed by atoms with Gasteiger partial charge in [-0.05, 0) is 26.7 Å². The molecule has 0 spiro atoms. The highest BCUT2D eigenvalue weighted by atomic mass is 16.4. The minimum absolute atomic E-state index is 0.0984. The first kappa shape index (κ1) is 16.6. The lowest BCUT2D eigenvalue weighted by atomic mass is 10.2. The Kier molecular flexibility index (Phi) is 12.4. The maximum absolute atomic E-state index is 9.86. The van der Waals surface area contributed by atoms with Crippen LogP contribution in [-0.2, 0) is 4.79 Å². The molecule has 0 amide bonds. The smallest absolute Gasteiger partial charge is 0.330 e. The molecule has 90 valence electrons. The second-order valence-corrected chi connectivity index (χ2v) is 3.23. The van der Waals surface area contributed by atoms with Crippen molar-refractivity contribution in [1.29, 1.82) is 0 Å². The summed E-state index contributed by atoms with van der Waals surface area (Å²) < 4.78 is 0. The van der Waals surface area contributed by atoms with Gasteiger partial charge in [0.1, 0.15) is 0 Å². The molecule has 0 saturated heterocycles. The Morgan fingerprint density at radius 3 is 2.13 bits per heavy atom. The van der Waals surface area contributed by atoms with Crippen LogP contribution in [0.1, 0.15) is 40.0 Å². The van der Waals surface area contributed by atoms with Gasteiger partial charge in [0.15, 0.2) is 0 Å². The average molecular weight is 218 g/mol. The van der Waals surface area contributed by atoms with E-state index >= 15 is 0 Å². The van der Waals surface area contributed by atoms with Crippen molar-refractivity contribution in [3.63, 3.8) is 0 Å². The largest absolute Gasteiger partial charge is 0.478 e. The van der Waals surface area contributed by atoms with Crippen LogP contribution in [0.15, 0.2) is 11.6 Å². The molecule has 1 unspecified atom stereocenters. The van der Waals surface area contributed by atoms with Gasteiger partial charge in [-0.1, -0.05) is 19.4 Å². The molecule has 0 aliphatic rings. The second kappa shape index (κ2) is 11.2. The van der Waals surface area contributed by atoms with E-state index in [0.29, 0.717) is 12.0 Å². The number of hydrogen-bond acceptors (Lipinski definition) is 3. The first-order chi connectivity index (χ1) is 6.99. The van der Waals surface area contributed by atoms with Crippen LogP contribution in [0, 0.1) is 0 Å². The second-order valence-electron chi connectivity index (χ2n) is 3.23. The van der Waals surface area contributed by atoms with Gasteiger partial charge in [0, 0.05) is 12.2 Å². The Bertz CT molecular complexity index is 181. The summed E-state index contributed by atoms with van der Waals surface area (Å²) in [4.78, 5) is 9.86. The molecule has 0 aliphatic carbocycles. The van der Waals surface area contributed by atoms with E-state index in [4.69, 9.17) is 15.3 Å². The van der Waals surface area contributed by atoms with Crippen molar-refractivity contribution in [3.05, 3.63) is 11.6 Å². The summed E-state index contributed by atoms with van der Waals surface area (Å²) in [5, 5.41) is 25.3. The molecule has 0 aliphatic heterocycles. The van der Waals surface area contributed by atoms with E-state index in [1.165, 1.54) is 0 Å². The highest BCUT2D eigenvalue weighted by Crippen LogP contribution is 1.98. The molecule has 4 heteroatoms. The van der Waals surface area contributed by atoms with Gasteiger partial charge in [-0.25, -0.2) is 4.79 Å². The van der Waals surface area contributed by atoms with Gasteiger partial charge in [-0.15, -0.1) is 0 Å². The van der Waals surface area contributed by atoms with Crippen molar-refractivity contribution in [2.24, 2.45) is 0 Å². The molecule has 1 atom stereocenters. The number of hydrogen-bond donors (Lipinski definition) is 3. The zero-order valence-corrected chi connectivity index (χ0v) is 9.73. The van der Waals surface area contributed by atoms with Gasteiger partial charge in [0.25, 0.3) is 0 Å². The summed E-state index contributed by atoms with van der Waals surface area (Å²) >= 11 is 0. The maximum Gasteiger partial charge on any atom is 0.330 e. The predicted molar refractivity (Wildman–Crippen MR) is 59.7 cm³/mol. The molecular formula is C11H22O4. The predicted octanol–water partition coefficient (Wildman–Crippen LogP) is 1.57. The van der Waals surface area contributed by atoms with Gasteiger partial charge < -0.3 is 15.3 Å². The van der Waals surface area contributed by atoms with Gasteiger partial charge >= 0.3 is 5.97 Å². The Morgan fingerprint density at radius 2 is 1.93 bits per heavy atom. The van der Waals surface area contributed by atoms with Crippen molar-refractivity contribution in [3.8, 4) is 0 Å². The van der Waals surface area contributed by atoms with Gasteiger partial charge in [-0.2, -0.15) is 0 Å². The zero-order valence-electron chi connectivity index (χ0n) is 9.73. The van der Waals surface area contributed by atoms with Crippen molar-refractivity contribution in [2.45, 2.75) is 46.1 Å². The van der Waals surface area contributed by atoms with E-state index in [1.54, 1.807) is 19.9 Å². The van der Waals surface area contributed by atoms with Crippen molar-refractivity contribution < 1.29 is 20.1 Å². The fourth-order valence-electron chi connectivity index (χ4n) is 0.750. The van der Waals surface area contributed by atoms with Crippen LogP contribution in [0.5, 0.6) is 0 Å². The fraction of sp³-hybridized carbons (Fsp3) is 0.727. The van der Waals surface area contributed by atoms with E-state index < -0.39 is 5.97 Å². The summed E-state index contributed by atoms with van der Waals surface area (Å²) in [5.41, 5.74) is 0.389. The molecule has 0 radical (unpaired) electrons. The Balaban J connectivity index is 0. The summed E-state index contributed by atoms with van der Waals surface area (Å²) in [6.07, 6.45) is 3.59. The lowest BCUT2D eigenvalue weighted by molar-refractivity contribution is -0.132. The third-order valence-corrected chi connectivity index (χ3v) is 1.85. The maximum atomic E-state index is 9.86. The highest BCUT2D eigenvalue weighted by molar-refractivity contribution is 5.85. The number of aliphatic hydroxyl groups excluding tert-OH is 2. The molecule has 0 rings (SSSR count). The highest BCUT2D eigenvalue weighted by Gasteiger charge is 1.98. The number of carbonyl (C=O) groups is 1. The van der Waals surface area contributed by atoms with E-state index in [0.717, 1.165) is 12.8 Å². The molecule has 4 nitrogen and oxygen atoms in total. The quantitative estimate of drug-likeness (QED) is 0.612. The van der Waals surface area contributed by atoms with Crippen LogP contribution in [0.2, 0.25) is 0 Å². The number of carboxylic acids is 1. The molecule has 0 saturated carbocycles. The third kappa shape index (κ3) is 13.1. The minimum Gasteiger partial charge on any atom is -0.478 e. The lowest BCUT2D eigenvalue weighted by Gasteiger charge is -2.04. The van der Waals surface area contributed by atoms with Crippen LogP contribution in [0.3, 0.4) is 0 Å². The zero-order chi connectivity index (χ0) is 12.3. The molecule has 0 aromatic heterocycles. The van der Waals surface area contributed by atoms with Crippen LogP contribution in [0.4, 0.5) is 0 Å². The first-order valence-corrected chi connectivity index (χ1v) is 5.14. The molecule has 0 bridgehead atoms. The molecule has 0 fully saturated rings. The van der Waals surface area contributed by atoms with Crippen LogP contribution >= 0.6 is 0 Å². The molecular weight excluding hydrogens is 196 g/mol. The Hall–Kier alpha value is -0.870. The number of aliphatic hydroxyl groups is 2. The Labute approximate surface area is 91.2 Å². The van der Waals surface area contributed by atoms with Crippen LogP contribution < -0.4 is 0 Å². The summed E-state index contributed by atoms with van der Waals surface area (Å²) in [5.74, 6) is -0.845. The van der Waals surface area contributed by atoms with Gasteiger partial charge in [0.2, 0.25) is 0 Å². The number of allylic oxidation sites excluding steroid dienone is 1. The number of carboxylic acid groups (broad SMARTS) is 1. The first-order valence-electron chi connectivity index (χ1n) is 5.14. The fourth-order valence-corrected chi connectivity index (χ4v) is 0.750. The minimum atomic E-state index is -0.845. The Morgan fingerprint density at radius 1 is 1.40 bits per heavy atom.